The summed E-state index contributed by atoms with van der Waals surface area (Å²) >= 11 is 0. The Morgan fingerprint density at radius 1 is 1.33 bits per heavy atom. The van der Waals surface area contributed by atoms with Crippen molar-refractivity contribution in [3.05, 3.63) is 0 Å². The van der Waals surface area contributed by atoms with Crippen LogP contribution in [0.3, 0.4) is 0 Å². The highest BCUT2D eigenvalue weighted by molar-refractivity contribution is 5.85. The predicted octanol–water partition coefficient (Wildman–Crippen LogP) is 1.62. The van der Waals surface area contributed by atoms with Gasteiger partial charge in [0.15, 0.2) is 0 Å². The molecular formula is C13H25ClN2O2. The van der Waals surface area contributed by atoms with E-state index in [1.165, 1.54) is 12.8 Å². The van der Waals surface area contributed by atoms with Crippen molar-refractivity contribution < 1.29 is 9.53 Å². The second-order valence-corrected chi connectivity index (χ2v) is 5.28. The van der Waals surface area contributed by atoms with Crippen LogP contribution in [0.25, 0.3) is 0 Å². The minimum absolute atomic E-state index is 0. The molecule has 0 saturated carbocycles. The standard InChI is InChI=1S/C13H24N2O2.ClH/c1-2-3-6-17-9-13(16)15-12-7-10-4-5-11(8-12)14-10;/h10-12,14H,2-9H2,1H3,(H,15,16);1H. The highest BCUT2D eigenvalue weighted by atomic mass is 35.5. The van der Waals surface area contributed by atoms with Gasteiger partial charge in [-0.25, -0.2) is 0 Å². The molecule has 2 aliphatic heterocycles. The van der Waals surface area contributed by atoms with Crippen molar-refractivity contribution in [3.8, 4) is 0 Å². The van der Waals surface area contributed by atoms with Crippen molar-refractivity contribution in [3.63, 3.8) is 0 Å². The summed E-state index contributed by atoms with van der Waals surface area (Å²) in [5.74, 6) is 0.0485. The first-order valence-electron chi connectivity index (χ1n) is 6.91. The fourth-order valence-electron chi connectivity index (χ4n) is 2.86. The summed E-state index contributed by atoms with van der Waals surface area (Å²) in [4.78, 5) is 11.7. The van der Waals surface area contributed by atoms with Gasteiger partial charge in [-0.1, -0.05) is 13.3 Å². The second kappa shape index (κ2) is 7.97. The van der Waals surface area contributed by atoms with Crippen LogP contribution in [0, 0.1) is 0 Å². The molecule has 2 bridgehead atoms. The molecule has 0 aromatic heterocycles. The number of rotatable bonds is 6. The molecule has 0 aromatic rings. The van der Waals surface area contributed by atoms with E-state index in [1.54, 1.807) is 0 Å². The molecule has 2 saturated heterocycles. The van der Waals surface area contributed by atoms with Crippen molar-refractivity contribution in [1.82, 2.24) is 10.6 Å². The van der Waals surface area contributed by atoms with E-state index in [4.69, 9.17) is 4.74 Å². The summed E-state index contributed by atoms with van der Waals surface area (Å²) in [7, 11) is 0. The Labute approximate surface area is 116 Å². The smallest absolute Gasteiger partial charge is 0.246 e. The van der Waals surface area contributed by atoms with Crippen molar-refractivity contribution >= 4 is 18.3 Å². The minimum atomic E-state index is 0. The summed E-state index contributed by atoms with van der Waals surface area (Å²) in [5.41, 5.74) is 0. The molecule has 5 heteroatoms. The molecule has 2 fully saturated rings. The van der Waals surface area contributed by atoms with E-state index in [1.807, 2.05) is 0 Å². The largest absolute Gasteiger partial charge is 0.372 e. The molecule has 0 radical (unpaired) electrons. The van der Waals surface area contributed by atoms with Gasteiger partial charge in [-0.2, -0.15) is 0 Å². The van der Waals surface area contributed by atoms with Gasteiger partial charge < -0.3 is 15.4 Å². The van der Waals surface area contributed by atoms with Crippen LogP contribution in [0.5, 0.6) is 0 Å². The molecule has 0 aromatic carbocycles. The molecule has 2 unspecified atom stereocenters. The average molecular weight is 277 g/mol. The first-order valence-corrected chi connectivity index (χ1v) is 6.91. The SMILES string of the molecule is CCCCOCC(=O)NC1CC2CCC(C1)N2.Cl. The highest BCUT2D eigenvalue weighted by Gasteiger charge is 2.33. The monoisotopic (exact) mass is 276 g/mol. The van der Waals surface area contributed by atoms with Crippen LogP contribution in [-0.4, -0.2) is 37.2 Å². The number of hydrogen-bond donors (Lipinski definition) is 2. The lowest BCUT2D eigenvalue weighted by atomic mass is 10.00. The number of amides is 1. The van der Waals surface area contributed by atoms with Gasteiger partial charge in [0, 0.05) is 24.7 Å². The van der Waals surface area contributed by atoms with Crippen LogP contribution in [0.2, 0.25) is 0 Å². The molecule has 2 rings (SSSR count). The van der Waals surface area contributed by atoms with Gasteiger partial charge in [0.25, 0.3) is 0 Å². The first kappa shape index (κ1) is 15.7. The van der Waals surface area contributed by atoms with Crippen molar-refractivity contribution in [2.24, 2.45) is 0 Å². The zero-order valence-electron chi connectivity index (χ0n) is 11.1. The number of ether oxygens (including phenoxy) is 1. The summed E-state index contributed by atoms with van der Waals surface area (Å²) in [5, 5.41) is 6.66. The maximum atomic E-state index is 11.7. The molecular weight excluding hydrogens is 252 g/mol. The second-order valence-electron chi connectivity index (χ2n) is 5.28. The number of piperidine rings is 1. The van der Waals surface area contributed by atoms with Crippen LogP contribution in [0.1, 0.15) is 45.4 Å². The normalized spacial score (nSPS) is 29.7. The van der Waals surface area contributed by atoms with Crippen LogP contribution in [-0.2, 0) is 9.53 Å². The zero-order valence-corrected chi connectivity index (χ0v) is 11.9. The van der Waals surface area contributed by atoms with Gasteiger partial charge in [-0.15, -0.1) is 12.4 Å². The first-order chi connectivity index (χ1) is 8.28. The molecule has 4 nitrogen and oxygen atoms in total. The van der Waals surface area contributed by atoms with Gasteiger partial charge in [0.2, 0.25) is 5.91 Å². The number of carbonyl (C=O) groups excluding carboxylic acids is 1. The van der Waals surface area contributed by atoms with Gasteiger partial charge >= 0.3 is 0 Å². The molecule has 1 amide bonds. The van der Waals surface area contributed by atoms with Crippen LogP contribution in [0.15, 0.2) is 0 Å². The number of nitrogens with one attached hydrogen (secondary N) is 2. The third kappa shape index (κ3) is 4.75. The summed E-state index contributed by atoms with van der Waals surface area (Å²) in [6.07, 6.45) is 6.84. The lowest BCUT2D eigenvalue weighted by molar-refractivity contribution is -0.126. The molecule has 0 aliphatic carbocycles. The van der Waals surface area contributed by atoms with Crippen LogP contribution >= 0.6 is 12.4 Å². The maximum absolute atomic E-state index is 11.7. The Hall–Kier alpha value is -0.320. The van der Waals surface area contributed by atoms with E-state index >= 15 is 0 Å². The van der Waals surface area contributed by atoms with E-state index in [2.05, 4.69) is 17.6 Å². The number of hydrogen-bond acceptors (Lipinski definition) is 3. The summed E-state index contributed by atoms with van der Waals surface area (Å²) in [6.45, 7) is 3.04. The topological polar surface area (TPSA) is 50.4 Å². The Kier molecular flexibility index (Phi) is 6.97. The third-order valence-electron chi connectivity index (χ3n) is 3.71. The Bertz CT molecular complexity index is 251. The quantitative estimate of drug-likeness (QED) is 0.725. The Morgan fingerprint density at radius 3 is 2.61 bits per heavy atom. The van der Waals surface area contributed by atoms with Crippen LogP contribution < -0.4 is 10.6 Å². The number of carbonyl (C=O) groups is 1. The number of halogens is 1. The number of fused-ring (bicyclic) bond motifs is 2. The van der Waals surface area contributed by atoms with Gasteiger partial charge in [-0.05, 0) is 32.1 Å². The molecule has 2 N–H and O–H groups in total. The Balaban J connectivity index is 0.00000162. The maximum Gasteiger partial charge on any atom is 0.246 e. The fraction of sp³-hybridized carbons (Fsp3) is 0.923. The average Bonchev–Trinajstić information content (AvgIpc) is 2.64. The predicted molar refractivity (Wildman–Crippen MR) is 74.1 cm³/mol. The van der Waals surface area contributed by atoms with E-state index in [0.29, 0.717) is 24.7 Å². The minimum Gasteiger partial charge on any atom is -0.372 e. The highest BCUT2D eigenvalue weighted by Crippen LogP contribution is 2.26. The van der Waals surface area contributed by atoms with Gasteiger partial charge in [-0.3, -0.25) is 4.79 Å². The molecule has 106 valence electrons. The number of unbranched alkanes of at least 4 members (excludes halogenated alkanes) is 1. The van der Waals surface area contributed by atoms with E-state index in [-0.39, 0.29) is 24.9 Å². The van der Waals surface area contributed by atoms with E-state index < -0.39 is 0 Å². The lowest BCUT2D eigenvalue weighted by Crippen LogP contribution is -2.48. The third-order valence-corrected chi connectivity index (χ3v) is 3.71. The summed E-state index contributed by atoms with van der Waals surface area (Å²) < 4.78 is 5.32. The van der Waals surface area contributed by atoms with E-state index in [9.17, 15) is 4.79 Å². The van der Waals surface area contributed by atoms with Crippen molar-refractivity contribution in [1.29, 1.82) is 0 Å². The molecule has 2 atom stereocenters. The fourth-order valence-corrected chi connectivity index (χ4v) is 2.86. The Morgan fingerprint density at radius 2 is 2.00 bits per heavy atom. The lowest BCUT2D eigenvalue weighted by Gasteiger charge is -2.29. The molecule has 2 heterocycles. The van der Waals surface area contributed by atoms with Gasteiger partial charge in [0.05, 0.1) is 0 Å². The van der Waals surface area contributed by atoms with Crippen molar-refractivity contribution in [2.75, 3.05) is 13.2 Å². The van der Waals surface area contributed by atoms with E-state index in [0.717, 1.165) is 25.7 Å². The van der Waals surface area contributed by atoms with Crippen molar-refractivity contribution in [2.45, 2.75) is 63.6 Å². The molecule has 2 aliphatic rings. The molecule has 18 heavy (non-hydrogen) atoms. The van der Waals surface area contributed by atoms with Gasteiger partial charge in [0.1, 0.15) is 6.61 Å². The summed E-state index contributed by atoms with van der Waals surface area (Å²) in [6, 6.07) is 1.61. The molecule has 0 spiro atoms. The van der Waals surface area contributed by atoms with Crippen LogP contribution in [0.4, 0.5) is 0 Å². The zero-order chi connectivity index (χ0) is 12.1.